The largest absolute Gasteiger partial charge is 0.168 e. The molecule has 0 nitrogen and oxygen atoms in total. The summed E-state index contributed by atoms with van der Waals surface area (Å²) in [7, 11) is 0. The van der Waals surface area contributed by atoms with Crippen LogP contribution < -0.4 is 0 Å². The average molecular weight is 373 g/mol. The summed E-state index contributed by atoms with van der Waals surface area (Å²) in [4.78, 5) is -2.79. The molecule has 0 amide bonds. The van der Waals surface area contributed by atoms with Crippen LogP contribution in [0.15, 0.2) is 28.5 Å². The van der Waals surface area contributed by atoms with Gasteiger partial charge in [0.1, 0.15) is 9.75 Å². The van der Waals surface area contributed by atoms with Gasteiger partial charge in [-0.2, -0.15) is 0 Å². The highest BCUT2D eigenvalue weighted by atomic mass is 35.5. The normalized spacial score (nSPS) is 47.2. The highest BCUT2D eigenvalue weighted by Gasteiger charge is 2.81. The van der Waals surface area contributed by atoms with Crippen LogP contribution in [0.4, 0.5) is 0 Å². The highest BCUT2D eigenvalue weighted by molar-refractivity contribution is 6.67. The van der Waals surface area contributed by atoms with Crippen molar-refractivity contribution < 1.29 is 0 Å². The summed E-state index contributed by atoms with van der Waals surface area (Å²) in [6.07, 6.45) is 1.56. The van der Waals surface area contributed by atoms with Gasteiger partial charge in [0.25, 0.3) is 0 Å². The number of allylic oxidation sites excluding steroid dienone is 3. The second-order valence-corrected chi connectivity index (χ2v) is 7.67. The minimum atomic E-state index is -1.61. The van der Waals surface area contributed by atoms with Crippen molar-refractivity contribution in [1.82, 2.24) is 0 Å². The SMILES string of the molecule is C=C=C[C@@H]1[C@H](Cl)[C@]2(Cl)C(Cl)=C(Cl)[C@@]1(Cl)C2(Cl)Cl. The summed E-state index contributed by atoms with van der Waals surface area (Å²) in [6, 6.07) is 0. The molecule has 0 aromatic heterocycles. The van der Waals surface area contributed by atoms with E-state index < -0.39 is 25.4 Å². The van der Waals surface area contributed by atoms with Crippen LogP contribution in [0.3, 0.4) is 0 Å². The summed E-state index contributed by atoms with van der Waals surface area (Å²) in [5, 5.41) is -0.496. The summed E-state index contributed by atoms with van der Waals surface area (Å²) < 4.78 is -1.61. The van der Waals surface area contributed by atoms with Crippen molar-refractivity contribution in [3.63, 3.8) is 0 Å². The smallest absolute Gasteiger partial charge is 0.133 e. The fourth-order valence-electron chi connectivity index (χ4n) is 2.29. The average Bonchev–Trinajstić information content (AvgIpc) is 2.44. The maximum absolute atomic E-state index is 6.46. The van der Waals surface area contributed by atoms with Crippen molar-refractivity contribution in [2.75, 3.05) is 0 Å². The van der Waals surface area contributed by atoms with Gasteiger partial charge in [-0.3, -0.25) is 0 Å². The van der Waals surface area contributed by atoms with Crippen LogP contribution in [0.25, 0.3) is 0 Å². The third kappa shape index (κ3) is 1.37. The van der Waals surface area contributed by atoms with Crippen LogP contribution in [-0.4, -0.2) is 19.5 Å². The van der Waals surface area contributed by atoms with E-state index in [2.05, 4.69) is 12.3 Å². The van der Waals surface area contributed by atoms with Gasteiger partial charge in [-0.15, -0.1) is 40.5 Å². The monoisotopic (exact) mass is 370 g/mol. The maximum atomic E-state index is 6.46. The molecule has 2 bridgehead atoms. The molecule has 0 spiro atoms. The minimum Gasteiger partial charge on any atom is -0.133 e. The van der Waals surface area contributed by atoms with E-state index in [4.69, 9.17) is 81.2 Å². The van der Waals surface area contributed by atoms with Crippen LogP contribution in [0.2, 0.25) is 0 Å². The molecule has 2 aliphatic rings. The van der Waals surface area contributed by atoms with E-state index in [1.54, 1.807) is 6.08 Å². The van der Waals surface area contributed by atoms with Crippen LogP contribution in [-0.2, 0) is 0 Å². The van der Waals surface area contributed by atoms with Gasteiger partial charge in [-0.25, -0.2) is 0 Å². The minimum absolute atomic E-state index is 0.0922. The van der Waals surface area contributed by atoms with E-state index in [9.17, 15) is 0 Å². The molecule has 1 saturated carbocycles. The molecule has 0 aromatic carbocycles. The molecule has 0 aliphatic heterocycles. The van der Waals surface area contributed by atoms with E-state index in [0.717, 1.165) is 0 Å². The van der Waals surface area contributed by atoms with Crippen molar-refractivity contribution in [3.8, 4) is 0 Å². The first-order chi connectivity index (χ1) is 7.67. The quantitative estimate of drug-likeness (QED) is 0.427. The summed E-state index contributed by atoms with van der Waals surface area (Å²) in [5.74, 6) is -0.508. The number of alkyl halides is 5. The number of hydrogen-bond acceptors (Lipinski definition) is 0. The van der Waals surface area contributed by atoms with Gasteiger partial charge in [0.05, 0.1) is 15.4 Å². The Morgan fingerprint density at radius 2 is 1.53 bits per heavy atom. The van der Waals surface area contributed by atoms with Crippen LogP contribution in [0.1, 0.15) is 0 Å². The molecule has 0 radical (unpaired) electrons. The molecule has 94 valence electrons. The van der Waals surface area contributed by atoms with Crippen LogP contribution in [0.5, 0.6) is 0 Å². The molecule has 2 rings (SSSR count). The fraction of sp³-hybridized carbons (Fsp3) is 0.500. The van der Waals surface area contributed by atoms with Crippen molar-refractivity contribution in [1.29, 1.82) is 0 Å². The first-order valence-corrected chi connectivity index (χ1v) is 7.19. The molecule has 17 heavy (non-hydrogen) atoms. The van der Waals surface area contributed by atoms with E-state index in [-0.39, 0.29) is 10.1 Å². The van der Waals surface area contributed by atoms with Crippen LogP contribution in [0, 0.1) is 5.92 Å². The van der Waals surface area contributed by atoms with Gasteiger partial charge in [0.15, 0.2) is 4.33 Å². The van der Waals surface area contributed by atoms with E-state index in [1.807, 2.05) is 0 Å². The van der Waals surface area contributed by atoms with Gasteiger partial charge < -0.3 is 0 Å². The van der Waals surface area contributed by atoms with Gasteiger partial charge in [0, 0.05) is 5.92 Å². The lowest BCUT2D eigenvalue weighted by atomic mass is 9.91. The van der Waals surface area contributed by atoms with E-state index >= 15 is 0 Å². The van der Waals surface area contributed by atoms with Crippen molar-refractivity contribution >= 4 is 81.2 Å². The third-order valence-electron chi connectivity index (χ3n) is 3.20. The van der Waals surface area contributed by atoms with Gasteiger partial charge in [-0.05, 0) is 6.08 Å². The van der Waals surface area contributed by atoms with Crippen molar-refractivity contribution in [2.45, 2.75) is 19.5 Å². The molecule has 0 N–H and O–H groups in total. The molecule has 0 aromatic rings. The van der Waals surface area contributed by atoms with E-state index in [1.165, 1.54) is 0 Å². The Labute approximate surface area is 134 Å². The topological polar surface area (TPSA) is 0 Å². The summed E-state index contributed by atoms with van der Waals surface area (Å²) in [6.45, 7) is 3.47. The molecule has 4 atom stereocenters. The Morgan fingerprint density at radius 3 is 1.94 bits per heavy atom. The zero-order valence-corrected chi connectivity index (χ0v) is 13.4. The Hall–Kier alpha value is 1.29. The first kappa shape index (κ1) is 14.7. The summed E-state index contributed by atoms with van der Waals surface area (Å²) in [5.41, 5.74) is 2.60. The van der Waals surface area contributed by atoms with Crippen molar-refractivity contribution in [3.05, 3.63) is 28.5 Å². The molecule has 2 aliphatic carbocycles. The van der Waals surface area contributed by atoms with Gasteiger partial charge in [0.2, 0.25) is 0 Å². The summed E-state index contributed by atoms with van der Waals surface area (Å²) >= 11 is 43.8. The van der Waals surface area contributed by atoms with Gasteiger partial charge in [-0.1, -0.05) is 53.0 Å². The first-order valence-electron chi connectivity index (χ1n) is 4.49. The molecule has 0 unspecified atom stereocenters. The second-order valence-electron chi connectivity index (χ2n) is 3.92. The predicted molar refractivity (Wildman–Crippen MR) is 77.2 cm³/mol. The molecule has 7 heteroatoms. The third-order valence-corrected chi connectivity index (χ3v) is 8.18. The highest BCUT2D eigenvalue weighted by Crippen LogP contribution is 2.75. The number of halogens is 7. The fourth-order valence-corrected chi connectivity index (χ4v) is 5.89. The molecule has 0 heterocycles. The Bertz CT molecular complexity index is 461. The zero-order valence-electron chi connectivity index (χ0n) is 8.08. The number of fused-ring (bicyclic) bond motifs is 2. The lowest BCUT2D eigenvalue weighted by Gasteiger charge is -2.32. The molecular weight excluding hydrogens is 368 g/mol. The van der Waals surface area contributed by atoms with Gasteiger partial charge >= 0.3 is 0 Å². The zero-order chi connectivity index (χ0) is 13.2. The Morgan fingerprint density at radius 1 is 1.06 bits per heavy atom. The molecule has 1 fully saturated rings. The van der Waals surface area contributed by atoms with E-state index in [0.29, 0.717) is 0 Å². The second kappa shape index (κ2) is 4.14. The molecular formula is C10H5Cl7. The van der Waals surface area contributed by atoms with Crippen LogP contribution >= 0.6 is 81.2 Å². The Balaban J connectivity index is 2.77. The van der Waals surface area contributed by atoms with Crippen molar-refractivity contribution in [2.24, 2.45) is 5.92 Å². The number of hydrogen-bond donors (Lipinski definition) is 0. The standard InChI is InChI=1S/C10H5Cl7/c1-2-3-4-5(11)9(15)7(13)6(12)8(4,14)10(9,16)17/h3-5H,1H2/t4-,5+,8-,9+/m1/s1. The lowest BCUT2D eigenvalue weighted by Crippen LogP contribution is -2.44. The lowest BCUT2D eigenvalue weighted by molar-refractivity contribution is 0.573. The number of rotatable bonds is 1. The Kier molecular flexibility index (Phi) is 3.58. The molecule has 0 saturated heterocycles. The predicted octanol–water partition coefficient (Wildman–Crippen LogP) is 5.40. The maximum Gasteiger partial charge on any atom is 0.168 e.